The van der Waals surface area contributed by atoms with E-state index in [-0.39, 0.29) is 18.9 Å². The van der Waals surface area contributed by atoms with Crippen LogP contribution in [-0.2, 0) is 27.7 Å². The van der Waals surface area contributed by atoms with Crippen molar-refractivity contribution in [2.75, 3.05) is 13.1 Å². The number of benzene rings is 1. The Labute approximate surface area is 132 Å². The second-order valence-electron chi connectivity index (χ2n) is 5.64. The zero-order valence-corrected chi connectivity index (χ0v) is 13.8. The summed E-state index contributed by atoms with van der Waals surface area (Å²) in [6, 6.07) is 5.34. The van der Waals surface area contributed by atoms with E-state index >= 15 is 0 Å². The molecule has 0 fully saturated rings. The average molecular weight is 324 g/mol. The van der Waals surface area contributed by atoms with Gasteiger partial charge in [0, 0.05) is 19.5 Å². The normalized spacial score (nSPS) is 14.4. The Morgan fingerprint density at radius 1 is 1.14 bits per heavy atom. The van der Waals surface area contributed by atoms with Crippen molar-refractivity contribution in [3.8, 4) is 0 Å². The predicted molar refractivity (Wildman–Crippen MR) is 86.2 cm³/mol. The third-order valence-corrected chi connectivity index (χ3v) is 5.31. The second-order valence-corrected chi connectivity index (χ2v) is 7.40. The number of sulfonamides is 1. The number of aryl methyl sites for hydroxylation is 2. The minimum Gasteiger partial charge on any atom is -0.356 e. The van der Waals surface area contributed by atoms with Gasteiger partial charge < -0.3 is 5.32 Å². The Morgan fingerprint density at radius 3 is 2.59 bits per heavy atom. The lowest BCUT2D eigenvalue weighted by atomic mass is 9.92. The molecule has 22 heavy (non-hydrogen) atoms. The van der Waals surface area contributed by atoms with Crippen LogP contribution >= 0.6 is 0 Å². The van der Waals surface area contributed by atoms with Crippen LogP contribution in [0.4, 0.5) is 0 Å². The fourth-order valence-corrected chi connectivity index (χ4v) is 3.69. The molecule has 0 atom stereocenters. The van der Waals surface area contributed by atoms with Gasteiger partial charge in [-0.1, -0.05) is 13.0 Å². The van der Waals surface area contributed by atoms with Crippen molar-refractivity contribution in [3.63, 3.8) is 0 Å². The number of carbonyl (C=O) groups excluding carboxylic acids is 1. The Morgan fingerprint density at radius 2 is 1.86 bits per heavy atom. The molecule has 0 aromatic heterocycles. The maximum absolute atomic E-state index is 12.3. The first kappa shape index (κ1) is 17.0. The molecule has 6 heteroatoms. The molecule has 0 spiro atoms. The maximum Gasteiger partial charge on any atom is 0.240 e. The van der Waals surface area contributed by atoms with Crippen LogP contribution in [0.15, 0.2) is 23.1 Å². The van der Waals surface area contributed by atoms with E-state index in [1.54, 1.807) is 12.1 Å². The van der Waals surface area contributed by atoms with E-state index in [2.05, 4.69) is 10.0 Å². The lowest BCUT2D eigenvalue weighted by molar-refractivity contribution is -0.120. The van der Waals surface area contributed by atoms with Crippen molar-refractivity contribution in [3.05, 3.63) is 29.3 Å². The molecule has 0 saturated carbocycles. The van der Waals surface area contributed by atoms with Crippen molar-refractivity contribution in [1.29, 1.82) is 0 Å². The largest absolute Gasteiger partial charge is 0.356 e. The number of carbonyl (C=O) groups is 1. The fraction of sp³-hybridized carbons (Fsp3) is 0.562. The zero-order chi connectivity index (χ0) is 16.0. The van der Waals surface area contributed by atoms with Crippen LogP contribution in [0.5, 0.6) is 0 Å². The molecule has 0 bridgehead atoms. The van der Waals surface area contributed by atoms with Crippen molar-refractivity contribution < 1.29 is 13.2 Å². The van der Waals surface area contributed by atoms with Gasteiger partial charge in [-0.05, 0) is 55.4 Å². The number of hydrogen-bond donors (Lipinski definition) is 2. The van der Waals surface area contributed by atoms with Gasteiger partial charge in [0.15, 0.2) is 0 Å². The van der Waals surface area contributed by atoms with Gasteiger partial charge in [0.05, 0.1) is 4.90 Å². The van der Waals surface area contributed by atoms with E-state index < -0.39 is 10.0 Å². The van der Waals surface area contributed by atoms with Crippen LogP contribution in [0.3, 0.4) is 0 Å². The molecule has 1 aromatic rings. The summed E-state index contributed by atoms with van der Waals surface area (Å²) in [5.41, 5.74) is 2.39. The van der Waals surface area contributed by atoms with E-state index in [1.165, 1.54) is 12.0 Å². The van der Waals surface area contributed by atoms with E-state index in [4.69, 9.17) is 0 Å². The molecule has 1 amide bonds. The quantitative estimate of drug-likeness (QED) is 0.802. The summed E-state index contributed by atoms with van der Waals surface area (Å²) in [6.45, 7) is 2.71. The van der Waals surface area contributed by atoms with E-state index in [9.17, 15) is 13.2 Å². The van der Waals surface area contributed by atoms with Crippen LogP contribution < -0.4 is 10.0 Å². The zero-order valence-electron chi connectivity index (χ0n) is 13.0. The second kappa shape index (κ2) is 7.74. The number of hydrogen-bond acceptors (Lipinski definition) is 3. The van der Waals surface area contributed by atoms with Gasteiger partial charge in [-0.15, -0.1) is 0 Å². The lowest BCUT2D eigenvalue weighted by Crippen LogP contribution is -2.31. The van der Waals surface area contributed by atoms with E-state index in [0.717, 1.165) is 31.2 Å². The SMILES string of the molecule is CCCNC(=O)CCNS(=O)(=O)c1ccc2c(c1)CCCC2. The van der Waals surface area contributed by atoms with Gasteiger partial charge in [-0.3, -0.25) is 4.79 Å². The molecular formula is C16H24N2O3S. The van der Waals surface area contributed by atoms with E-state index in [0.29, 0.717) is 11.4 Å². The third-order valence-electron chi connectivity index (χ3n) is 3.85. The molecule has 0 radical (unpaired) electrons. The smallest absolute Gasteiger partial charge is 0.240 e. The highest BCUT2D eigenvalue weighted by Gasteiger charge is 2.17. The molecule has 5 nitrogen and oxygen atoms in total. The summed E-state index contributed by atoms with van der Waals surface area (Å²) >= 11 is 0. The molecule has 0 unspecified atom stereocenters. The first-order valence-electron chi connectivity index (χ1n) is 7.91. The first-order valence-corrected chi connectivity index (χ1v) is 9.39. The average Bonchev–Trinajstić information content (AvgIpc) is 2.52. The topological polar surface area (TPSA) is 75.3 Å². The summed E-state index contributed by atoms with van der Waals surface area (Å²) in [5, 5.41) is 2.73. The van der Waals surface area contributed by atoms with Crippen molar-refractivity contribution in [2.24, 2.45) is 0 Å². The third kappa shape index (κ3) is 4.55. The Bertz CT molecular complexity index is 626. The molecule has 0 aliphatic heterocycles. The van der Waals surface area contributed by atoms with Crippen LogP contribution in [0.2, 0.25) is 0 Å². The summed E-state index contributed by atoms with van der Waals surface area (Å²) in [4.78, 5) is 11.8. The molecule has 2 rings (SSSR count). The summed E-state index contributed by atoms with van der Waals surface area (Å²) in [7, 11) is -3.54. The summed E-state index contributed by atoms with van der Waals surface area (Å²) < 4.78 is 27.0. The van der Waals surface area contributed by atoms with E-state index in [1.807, 2.05) is 13.0 Å². The Kier molecular flexibility index (Phi) is 5.97. The number of rotatable bonds is 7. The van der Waals surface area contributed by atoms with Crippen LogP contribution in [-0.4, -0.2) is 27.4 Å². The van der Waals surface area contributed by atoms with Crippen molar-refractivity contribution in [2.45, 2.75) is 50.3 Å². The van der Waals surface area contributed by atoms with Gasteiger partial charge in [0.1, 0.15) is 0 Å². The molecule has 0 heterocycles. The lowest BCUT2D eigenvalue weighted by Gasteiger charge is -2.16. The highest BCUT2D eigenvalue weighted by Crippen LogP contribution is 2.23. The Hall–Kier alpha value is -1.40. The first-order chi connectivity index (χ1) is 10.5. The summed E-state index contributed by atoms with van der Waals surface area (Å²) in [6.07, 6.45) is 5.28. The minimum atomic E-state index is -3.54. The molecule has 2 N–H and O–H groups in total. The maximum atomic E-state index is 12.3. The van der Waals surface area contributed by atoms with Crippen molar-refractivity contribution in [1.82, 2.24) is 10.0 Å². The summed E-state index contributed by atoms with van der Waals surface area (Å²) in [5.74, 6) is -0.130. The number of amides is 1. The molecular weight excluding hydrogens is 300 g/mol. The van der Waals surface area contributed by atoms with Crippen LogP contribution in [0.1, 0.15) is 43.7 Å². The predicted octanol–water partition coefficient (Wildman–Crippen LogP) is 1.76. The van der Waals surface area contributed by atoms with Gasteiger partial charge in [0.2, 0.25) is 15.9 Å². The highest BCUT2D eigenvalue weighted by molar-refractivity contribution is 7.89. The fourth-order valence-electron chi connectivity index (χ4n) is 2.61. The van der Waals surface area contributed by atoms with Gasteiger partial charge >= 0.3 is 0 Å². The van der Waals surface area contributed by atoms with Crippen LogP contribution in [0.25, 0.3) is 0 Å². The monoisotopic (exact) mass is 324 g/mol. The standard InChI is InChI=1S/C16H24N2O3S/c1-2-10-17-16(19)9-11-18-22(20,21)15-8-7-13-5-3-4-6-14(13)12-15/h7-8,12,18H,2-6,9-11H2,1H3,(H,17,19). The van der Waals surface area contributed by atoms with Gasteiger partial charge in [-0.2, -0.15) is 0 Å². The molecule has 122 valence electrons. The van der Waals surface area contributed by atoms with Crippen molar-refractivity contribution >= 4 is 15.9 Å². The van der Waals surface area contributed by atoms with Gasteiger partial charge in [0.25, 0.3) is 0 Å². The van der Waals surface area contributed by atoms with Gasteiger partial charge in [-0.25, -0.2) is 13.1 Å². The highest BCUT2D eigenvalue weighted by atomic mass is 32.2. The molecule has 1 aliphatic carbocycles. The van der Waals surface area contributed by atoms with Crippen LogP contribution in [0, 0.1) is 0 Å². The molecule has 1 aromatic carbocycles. The number of fused-ring (bicyclic) bond motifs is 1. The minimum absolute atomic E-state index is 0.120. The Balaban J connectivity index is 1.94. The molecule has 1 aliphatic rings. The molecule has 0 saturated heterocycles. The number of nitrogens with one attached hydrogen (secondary N) is 2.